The molecule has 0 radical (unpaired) electrons. The van der Waals surface area contributed by atoms with E-state index in [-0.39, 0.29) is 18.0 Å². The SMILES string of the molecule is Cn1c(=O)n(Cc2ccc(-c3ccccc3)cc2)c(=O)c2cc(C(=O)OCc3ccccc3)sc21. The summed E-state index contributed by atoms with van der Waals surface area (Å²) < 4.78 is 8.01. The van der Waals surface area contributed by atoms with Crippen molar-refractivity contribution in [2.45, 2.75) is 13.2 Å². The predicted molar refractivity (Wildman–Crippen MR) is 138 cm³/mol. The third-order valence-corrected chi connectivity index (χ3v) is 7.02. The molecule has 0 spiro atoms. The summed E-state index contributed by atoms with van der Waals surface area (Å²) in [6.45, 7) is 0.274. The van der Waals surface area contributed by atoms with Crippen LogP contribution in [0.3, 0.4) is 0 Å². The van der Waals surface area contributed by atoms with E-state index in [4.69, 9.17) is 4.74 Å². The van der Waals surface area contributed by atoms with Crippen molar-refractivity contribution in [2.24, 2.45) is 7.05 Å². The van der Waals surface area contributed by atoms with Crippen LogP contribution in [0.5, 0.6) is 0 Å². The van der Waals surface area contributed by atoms with Gasteiger partial charge >= 0.3 is 11.7 Å². The molecule has 0 aliphatic heterocycles. The summed E-state index contributed by atoms with van der Waals surface area (Å²) in [6, 6.07) is 28.7. The summed E-state index contributed by atoms with van der Waals surface area (Å²) in [5.41, 5.74) is 3.00. The Morgan fingerprint density at radius 2 is 1.46 bits per heavy atom. The average molecular weight is 483 g/mol. The van der Waals surface area contributed by atoms with Crippen molar-refractivity contribution in [3.8, 4) is 11.1 Å². The van der Waals surface area contributed by atoms with Gasteiger partial charge in [0.25, 0.3) is 5.56 Å². The van der Waals surface area contributed by atoms with Gasteiger partial charge in [-0.05, 0) is 28.3 Å². The Morgan fingerprint density at radius 3 is 2.14 bits per heavy atom. The molecule has 0 saturated carbocycles. The topological polar surface area (TPSA) is 70.3 Å². The largest absolute Gasteiger partial charge is 0.457 e. The lowest BCUT2D eigenvalue weighted by Crippen LogP contribution is -2.38. The molecule has 6 nitrogen and oxygen atoms in total. The van der Waals surface area contributed by atoms with Gasteiger partial charge in [0, 0.05) is 7.05 Å². The van der Waals surface area contributed by atoms with Crippen LogP contribution >= 0.6 is 11.3 Å². The first kappa shape index (κ1) is 22.6. The number of benzene rings is 3. The first-order valence-electron chi connectivity index (χ1n) is 11.1. The monoisotopic (exact) mass is 482 g/mol. The van der Waals surface area contributed by atoms with E-state index < -0.39 is 17.2 Å². The number of carbonyl (C=O) groups excluding carboxylic acids is 1. The molecule has 5 aromatic rings. The van der Waals surface area contributed by atoms with Gasteiger partial charge in [0.2, 0.25) is 0 Å². The Bertz CT molecular complexity index is 1620. The van der Waals surface area contributed by atoms with Crippen LogP contribution in [0.15, 0.2) is 101 Å². The molecule has 0 unspecified atom stereocenters. The number of ether oxygens (including phenoxy) is 1. The number of aromatic nitrogens is 2. The lowest BCUT2D eigenvalue weighted by atomic mass is 10.0. The third-order valence-electron chi connectivity index (χ3n) is 5.83. The second-order valence-corrected chi connectivity index (χ2v) is 9.22. The highest BCUT2D eigenvalue weighted by Gasteiger charge is 2.19. The standard InChI is InChI=1S/C28H22N2O4S/c1-29-26-23(16-24(35-26)27(32)34-18-20-8-4-2-5-9-20)25(31)30(28(29)33)17-19-12-14-22(15-13-19)21-10-6-3-7-11-21/h2-16H,17-18H2,1H3. The van der Waals surface area contributed by atoms with Crippen molar-refractivity contribution in [2.75, 3.05) is 0 Å². The van der Waals surface area contributed by atoms with Gasteiger partial charge in [0.1, 0.15) is 16.3 Å². The Labute approximate surface area is 205 Å². The lowest BCUT2D eigenvalue weighted by molar-refractivity contribution is 0.0478. The number of carbonyl (C=O) groups is 1. The van der Waals surface area contributed by atoms with Crippen molar-refractivity contribution >= 4 is 27.5 Å². The summed E-state index contributed by atoms with van der Waals surface area (Å²) in [5, 5.41) is 0.324. The van der Waals surface area contributed by atoms with E-state index >= 15 is 0 Å². The number of aryl methyl sites for hydroxylation is 1. The van der Waals surface area contributed by atoms with Crippen molar-refractivity contribution < 1.29 is 9.53 Å². The fraction of sp³-hybridized carbons (Fsp3) is 0.107. The van der Waals surface area contributed by atoms with E-state index in [9.17, 15) is 14.4 Å². The second kappa shape index (κ2) is 9.56. The van der Waals surface area contributed by atoms with Crippen molar-refractivity contribution in [3.05, 3.63) is 128 Å². The molecular weight excluding hydrogens is 460 g/mol. The maximum absolute atomic E-state index is 13.2. The second-order valence-electron chi connectivity index (χ2n) is 8.19. The van der Waals surface area contributed by atoms with E-state index in [1.54, 1.807) is 7.05 Å². The molecule has 0 saturated heterocycles. The Kier molecular flexibility index (Phi) is 6.16. The van der Waals surface area contributed by atoms with Crippen LogP contribution in [-0.4, -0.2) is 15.1 Å². The van der Waals surface area contributed by atoms with Gasteiger partial charge in [-0.25, -0.2) is 9.59 Å². The van der Waals surface area contributed by atoms with Crippen LogP contribution in [-0.2, 0) is 24.9 Å². The first-order valence-corrected chi connectivity index (χ1v) is 11.9. The maximum Gasteiger partial charge on any atom is 0.348 e. The van der Waals surface area contributed by atoms with Gasteiger partial charge in [0.05, 0.1) is 11.9 Å². The predicted octanol–water partition coefficient (Wildman–Crippen LogP) is 4.83. The fourth-order valence-corrected chi connectivity index (χ4v) is 4.93. The Balaban J connectivity index is 1.42. The van der Waals surface area contributed by atoms with Crippen LogP contribution in [0.25, 0.3) is 21.3 Å². The molecule has 0 aliphatic rings. The summed E-state index contributed by atoms with van der Waals surface area (Å²) in [4.78, 5) is 39.6. The zero-order valence-electron chi connectivity index (χ0n) is 19.0. The molecule has 0 aliphatic carbocycles. The van der Waals surface area contributed by atoms with E-state index in [2.05, 4.69) is 0 Å². The van der Waals surface area contributed by atoms with Crippen molar-refractivity contribution in [1.82, 2.24) is 9.13 Å². The minimum absolute atomic E-state index is 0.135. The highest BCUT2D eigenvalue weighted by Crippen LogP contribution is 2.23. The molecule has 174 valence electrons. The van der Waals surface area contributed by atoms with Crippen LogP contribution in [0.4, 0.5) is 0 Å². The molecule has 0 fully saturated rings. The molecule has 2 aromatic heterocycles. The van der Waals surface area contributed by atoms with Gasteiger partial charge in [-0.3, -0.25) is 13.9 Å². The van der Waals surface area contributed by atoms with Gasteiger partial charge in [-0.1, -0.05) is 84.9 Å². The van der Waals surface area contributed by atoms with Crippen LogP contribution in [0, 0.1) is 0 Å². The summed E-state index contributed by atoms with van der Waals surface area (Å²) in [6.07, 6.45) is 0. The maximum atomic E-state index is 13.2. The van der Waals surface area contributed by atoms with Crippen LogP contribution < -0.4 is 11.2 Å². The molecule has 2 heterocycles. The van der Waals surface area contributed by atoms with Gasteiger partial charge < -0.3 is 4.74 Å². The molecule has 5 rings (SSSR count). The van der Waals surface area contributed by atoms with Gasteiger partial charge in [-0.2, -0.15) is 0 Å². The van der Waals surface area contributed by atoms with E-state index in [1.807, 2.05) is 84.9 Å². The number of nitrogens with zero attached hydrogens (tertiary/aromatic N) is 2. The summed E-state index contributed by atoms with van der Waals surface area (Å²) in [5.74, 6) is -0.523. The number of hydrogen-bond donors (Lipinski definition) is 0. The zero-order chi connectivity index (χ0) is 24.4. The highest BCUT2D eigenvalue weighted by atomic mass is 32.1. The van der Waals surface area contributed by atoms with E-state index in [1.165, 1.54) is 15.2 Å². The molecule has 0 bridgehead atoms. The first-order chi connectivity index (χ1) is 17.0. The zero-order valence-corrected chi connectivity index (χ0v) is 19.8. The van der Waals surface area contributed by atoms with Gasteiger partial charge in [-0.15, -0.1) is 11.3 Å². The molecule has 0 N–H and O–H groups in total. The fourth-order valence-electron chi connectivity index (χ4n) is 3.93. The number of thiophene rings is 1. The quantitative estimate of drug-likeness (QED) is 0.325. The lowest BCUT2D eigenvalue weighted by Gasteiger charge is -2.09. The number of rotatable bonds is 6. The van der Waals surface area contributed by atoms with Crippen LogP contribution in [0.1, 0.15) is 20.8 Å². The minimum atomic E-state index is -0.523. The Morgan fingerprint density at radius 1 is 0.829 bits per heavy atom. The van der Waals surface area contributed by atoms with E-state index in [0.717, 1.165) is 33.6 Å². The summed E-state index contributed by atoms with van der Waals surface area (Å²) in [7, 11) is 1.61. The molecule has 3 aromatic carbocycles. The Hall–Kier alpha value is -4.23. The van der Waals surface area contributed by atoms with Crippen molar-refractivity contribution in [1.29, 1.82) is 0 Å². The van der Waals surface area contributed by atoms with Gasteiger partial charge in [0.15, 0.2) is 0 Å². The molecular formula is C28H22N2O4S. The molecule has 35 heavy (non-hydrogen) atoms. The third kappa shape index (κ3) is 4.58. The van der Waals surface area contributed by atoms with Crippen molar-refractivity contribution in [3.63, 3.8) is 0 Å². The number of fused-ring (bicyclic) bond motifs is 1. The van der Waals surface area contributed by atoms with E-state index in [0.29, 0.717) is 10.2 Å². The highest BCUT2D eigenvalue weighted by molar-refractivity contribution is 7.20. The average Bonchev–Trinajstić information content (AvgIpc) is 3.36. The molecule has 0 amide bonds. The normalized spacial score (nSPS) is 11.0. The smallest absolute Gasteiger partial charge is 0.348 e. The van der Waals surface area contributed by atoms with Crippen LogP contribution in [0.2, 0.25) is 0 Å². The minimum Gasteiger partial charge on any atom is -0.457 e. The molecule has 7 heteroatoms. The summed E-state index contributed by atoms with van der Waals surface area (Å²) >= 11 is 1.09. The molecule has 0 atom stereocenters. The number of esters is 1. The number of hydrogen-bond acceptors (Lipinski definition) is 5.